The van der Waals surface area contributed by atoms with E-state index in [1.54, 1.807) is 25.1 Å². The van der Waals surface area contributed by atoms with Gasteiger partial charge in [-0.15, -0.1) is 5.10 Å². The summed E-state index contributed by atoms with van der Waals surface area (Å²) in [7, 11) is 0. The lowest BCUT2D eigenvalue weighted by molar-refractivity contribution is -0.128. The van der Waals surface area contributed by atoms with E-state index in [1.807, 2.05) is 0 Å². The Labute approximate surface area is 138 Å². The molecule has 1 aliphatic rings. The number of nitrogens with one attached hydrogen (secondary N) is 2. The molecule has 128 valence electrons. The van der Waals surface area contributed by atoms with E-state index in [2.05, 4.69) is 20.5 Å². The second-order valence-electron chi connectivity index (χ2n) is 5.59. The van der Waals surface area contributed by atoms with E-state index in [9.17, 15) is 9.18 Å². The van der Waals surface area contributed by atoms with Crippen molar-refractivity contribution in [2.75, 3.05) is 18.5 Å². The van der Waals surface area contributed by atoms with Gasteiger partial charge < -0.3 is 9.47 Å². The number of aromatic nitrogens is 3. The maximum absolute atomic E-state index is 13.7. The highest BCUT2D eigenvalue weighted by atomic mass is 19.1. The maximum Gasteiger partial charge on any atom is 0.255 e. The lowest BCUT2D eigenvalue weighted by Gasteiger charge is -2.15. The van der Waals surface area contributed by atoms with Crippen molar-refractivity contribution in [2.24, 2.45) is 0 Å². The van der Waals surface area contributed by atoms with E-state index >= 15 is 0 Å². The number of halogens is 1. The highest BCUT2D eigenvalue weighted by Gasteiger charge is 2.21. The fraction of sp³-hybridized carbons (Fsp3) is 0.438. The second kappa shape index (κ2) is 7.50. The number of carbonyl (C=O) groups excluding carboxylic acids is 1. The van der Waals surface area contributed by atoms with E-state index in [1.165, 1.54) is 6.07 Å². The molecule has 2 N–H and O–H groups in total. The molecule has 1 saturated heterocycles. The van der Waals surface area contributed by atoms with Crippen LogP contribution < -0.4 is 5.32 Å². The van der Waals surface area contributed by atoms with Crippen molar-refractivity contribution in [3.05, 3.63) is 30.1 Å². The summed E-state index contributed by atoms with van der Waals surface area (Å²) in [4.78, 5) is 16.2. The predicted octanol–water partition coefficient (Wildman–Crippen LogP) is 2.13. The quantitative estimate of drug-likeness (QED) is 0.845. The average molecular weight is 334 g/mol. The number of H-pyrrole nitrogens is 1. The zero-order valence-electron chi connectivity index (χ0n) is 13.3. The molecule has 1 amide bonds. The largest absolute Gasteiger partial charge is 0.376 e. The molecule has 3 rings (SSSR count). The van der Waals surface area contributed by atoms with Crippen LogP contribution in [0.15, 0.2) is 24.3 Å². The molecule has 2 atom stereocenters. The van der Waals surface area contributed by atoms with E-state index < -0.39 is 11.9 Å². The van der Waals surface area contributed by atoms with E-state index in [0.717, 1.165) is 19.4 Å². The van der Waals surface area contributed by atoms with Gasteiger partial charge in [-0.1, -0.05) is 12.1 Å². The molecule has 0 aliphatic carbocycles. The highest BCUT2D eigenvalue weighted by molar-refractivity contribution is 5.92. The second-order valence-corrected chi connectivity index (χ2v) is 5.59. The van der Waals surface area contributed by atoms with Crippen LogP contribution in [-0.2, 0) is 14.3 Å². The van der Waals surface area contributed by atoms with Crippen molar-refractivity contribution in [3.63, 3.8) is 0 Å². The molecule has 2 heterocycles. The van der Waals surface area contributed by atoms with E-state index in [0.29, 0.717) is 6.61 Å². The molecule has 24 heavy (non-hydrogen) atoms. The van der Waals surface area contributed by atoms with Crippen LogP contribution in [0.25, 0.3) is 11.4 Å². The third kappa shape index (κ3) is 3.95. The average Bonchev–Trinajstić information content (AvgIpc) is 3.24. The van der Waals surface area contributed by atoms with Gasteiger partial charge in [-0.3, -0.25) is 15.2 Å². The van der Waals surface area contributed by atoms with Crippen molar-refractivity contribution < 1.29 is 18.7 Å². The number of hydrogen-bond donors (Lipinski definition) is 2. The zero-order valence-corrected chi connectivity index (χ0v) is 13.3. The van der Waals surface area contributed by atoms with Crippen LogP contribution in [0.2, 0.25) is 0 Å². The minimum absolute atomic E-state index is 0.0522. The number of nitrogens with zero attached hydrogens (tertiary/aromatic N) is 2. The molecule has 7 nitrogen and oxygen atoms in total. The van der Waals surface area contributed by atoms with Crippen LogP contribution in [0, 0.1) is 5.82 Å². The summed E-state index contributed by atoms with van der Waals surface area (Å²) in [6.07, 6.45) is 1.35. The van der Waals surface area contributed by atoms with Crippen molar-refractivity contribution in [1.82, 2.24) is 15.2 Å². The van der Waals surface area contributed by atoms with Gasteiger partial charge in [-0.2, -0.15) is 4.98 Å². The Kier molecular flexibility index (Phi) is 5.17. The van der Waals surface area contributed by atoms with Gasteiger partial charge in [0.1, 0.15) is 11.9 Å². The molecule has 0 radical (unpaired) electrons. The van der Waals surface area contributed by atoms with Crippen LogP contribution in [-0.4, -0.2) is 46.5 Å². The summed E-state index contributed by atoms with van der Waals surface area (Å²) in [5, 5.41) is 9.03. The molecule has 1 aromatic heterocycles. The van der Waals surface area contributed by atoms with Crippen LogP contribution in [0.3, 0.4) is 0 Å². The summed E-state index contributed by atoms with van der Waals surface area (Å²) in [6, 6.07) is 6.19. The molecule has 2 aromatic rings. The fourth-order valence-electron chi connectivity index (χ4n) is 2.41. The van der Waals surface area contributed by atoms with Gasteiger partial charge in [-0.25, -0.2) is 4.39 Å². The number of benzene rings is 1. The summed E-state index contributed by atoms with van der Waals surface area (Å²) in [5.41, 5.74) is 0.285. The Balaban J connectivity index is 1.55. The first-order chi connectivity index (χ1) is 11.6. The van der Waals surface area contributed by atoms with Crippen molar-refractivity contribution in [1.29, 1.82) is 0 Å². The molecular weight excluding hydrogens is 315 g/mol. The molecule has 0 unspecified atom stereocenters. The smallest absolute Gasteiger partial charge is 0.255 e. The monoisotopic (exact) mass is 334 g/mol. The van der Waals surface area contributed by atoms with Crippen molar-refractivity contribution in [2.45, 2.75) is 32.0 Å². The number of aromatic amines is 1. The van der Waals surface area contributed by atoms with Crippen molar-refractivity contribution >= 4 is 11.9 Å². The first-order valence-corrected chi connectivity index (χ1v) is 7.85. The zero-order chi connectivity index (χ0) is 16.9. The fourth-order valence-corrected chi connectivity index (χ4v) is 2.41. The Morgan fingerprint density at radius 3 is 3.12 bits per heavy atom. The van der Waals surface area contributed by atoms with Gasteiger partial charge in [0, 0.05) is 6.61 Å². The summed E-state index contributed by atoms with van der Waals surface area (Å²) < 4.78 is 24.7. The van der Waals surface area contributed by atoms with E-state index in [4.69, 9.17) is 9.47 Å². The summed E-state index contributed by atoms with van der Waals surface area (Å²) >= 11 is 0. The van der Waals surface area contributed by atoms with Crippen LogP contribution in [0.4, 0.5) is 10.3 Å². The number of hydrogen-bond acceptors (Lipinski definition) is 5. The minimum atomic E-state index is -0.662. The number of ether oxygens (including phenoxy) is 2. The maximum atomic E-state index is 13.7. The minimum Gasteiger partial charge on any atom is -0.376 e. The molecule has 1 aromatic carbocycles. The number of anilines is 1. The normalized spacial score (nSPS) is 18.5. The third-order valence-corrected chi connectivity index (χ3v) is 3.77. The Morgan fingerprint density at radius 1 is 1.54 bits per heavy atom. The number of rotatable bonds is 6. The highest BCUT2D eigenvalue weighted by Crippen LogP contribution is 2.19. The Hall–Kier alpha value is -2.32. The van der Waals surface area contributed by atoms with Gasteiger partial charge >= 0.3 is 0 Å². The van der Waals surface area contributed by atoms with Crippen molar-refractivity contribution in [3.8, 4) is 11.4 Å². The standard InChI is InChI=1S/C16H19FN4O3/c1-10(24-9-11-5-4-8-23-11)15(22)19-16-18-14(20-21-16)12-6-2-3-7-13(12)17/h2-3,6-7,10-11H,4-5,8-9H2,1H3,(H2,18,19,20,21,22)/t10-,11-/m0/s1. The first kappa shape index (κ1) is 16.5. The lowest BCUT2D eigenvalue weighted by Crippen LogP contribution is -2.30. The Morgan fingerprint density at radius 2 is 2.38 bits per heavy atom. The van der Waals surface area contributed by atoms with Crippen LogP contribution in [0.5, 0.6) is 0 Å². The molecule has 8 heteroatoms. The summed E-state index contributed by atoms with van der Waals surface area (Å²) in [5.74, 6) is -0.464. The van der Waals surface area contributed by atoms with Gasteiger partial charge in [0.05, 0.1) is 18.3 Å². The molecular formula is C16H19FN4O3. The topological polar surface area (TPSA) is 89.1 Å². The Bertz CT molecular complexity index is 700. The predicted molar refractivity (Wildman–Crippen MR) is 84.8 cm³/mol. The molecule has 1 aliphatic heterocycles. The van der Waals surface area contributed by atoms with Crippen LogP contribution >= 0.6 is 0 Å². The van der Waals surface area contributed by atoms with Gasteiger partial charge in [0.15, 0.2) is 5.82 Å². The van der Waals surface area contributed by atoms with Gasteiger partial charge in [-0.05, 0) is 31.9 Å². The number of amides is 1. The van der Waals surface area contributed by atoms with Gasteiger partial charge in [0.2, 0.25) is 5.95 Å². The molecule has 1 fully saturated rings. The SMILES string of the molecule is C[C@H](OC[C@@H]1CCCO1)C(=O)Nc1n[nH]c(-c2ccccc2F)n1. The van der Waals surface area contributed by atoms with Gasteiger partial charge in [0.25, 0.3) is 5.91 Å². The van der Waals surface area contributed by atoms with E-state index in [-0.39, 0.29) is 29.3 Å². The lowest BCUT2D eigenvalue weighted by atomic mass is 10.2. The van der Waals surface area contributed by atoms with Crippen LogP contribution in [0.1, 0.15) is 19.8 Å². The first-order valence-electron chi connectivity index (χ1n) is 7.85. The molecule has 0 spiro atoms. The number of carbonyl (C=O) groups is 1. The molecule has 0 bridgehead atoms. The molecule has 0 saturated carbocycles. The third-order valence-electron chi connectivity index (χ3n) is 3.77. The summed E-state index contributed by atoms with van der Waals surface area (Å²) in [6.45, 7) is 2.77.